The van der Waals surface area contributed by atoms with Crippen molar-refractivity contribution >= 4 is 22.8 Å². The van der Waals surface area contributed by atoms with Crippen molar-refractivity contribution in [2.75, 3.05) is 18.9 Å². The molecule has 0 atom stereocenters. The third-order valence-corrected chi connectivity index (χ3v) is 6.05. The van der Waals surface area contributed by atoms with E-state index in [-0.39, 0.29) is 22.7 Å². The number of aryl methyl sites for hydroxylation is 1. The number of nitrogens with one attached hydrogen (secondary N) is 1. The van der Waals surface area contributed by atoms with E-state index in [1.807, 2.05) is 44.4 Å². The van der Waals surface area contributed by atoms with Gasteiger partial charge in [-0.05, 0) is 58.5 Å². The average molecular weight is 464 g/mol. The highest BCUT2D eigenvalue weighted by Crippen LogP contribution is 2.32. The first-order valence-electron chi connectivity index (χ1n) is 11.3. The Morgan fingerprint density at radius 3 is 2.59 bits per heavy atom. The van der Waals surface area contributed by atoms with Crippen molar-refractivity contribution in [2.45, 2.75) is 46.2 Å². The number of anilines is 2. The number of imidazole rings is 1. The molecule has 0 spiro atoms. The van der Waals surface area contributed by atoms with Gasteiger partial charge in [-0.25, -0.2) is 28.7 Å². The van der Waals surface area contributed by atoms with Crippen LogP contribution in [-0.2, 0) is 18.5 Å². The van der Waals surface area contributed by atoms with Crippen LogP contribution in [0.1, 0.15) is 37.9 Å². The van der Waals surface area contributed by atoms with Crippen molar-refractivity contribution in [1.82, 2.24) is 29.4 Å². The zero-order chi connectivity index (χ0) is 24.2. The molecule has 1 aliphatic rings. The molecule has 4 aromatic rings. The minimum Gasteiger partial charge on any atom is -0.323 e. The Morgan fingerprint density at radius 2 is 1.82 bits per heavy atom. The second-order valence-corrected chi connectivity index (χ2v) is 9.80. The SMILES string of the molecule is Cc1nc2c(F)cc(-c3nc(Nc4ccc5c(n4)CCN(C)C5)ncc3F)cc2n1C(C)(C)C. The van der Waals surface area contributed by atoms with E-state index < -0.39 is 11.6 Å². The maximum absolute atomic E-state index is 15.0. The van der Waals surface area contributed by atoms with Crippen LogP contribution in [0.15, 0.2) is 30.5 Å². The molecule has 176 valence electrons. The van der Waals surface area contributed by atoms with E-state index in [4.69, 9.17) is 0 Å². The molecule has 1 aromatic carbocycles. The Labute approximate surface area is 196 Å². The molecule has 0 bridgehead atoms. The summed E-state index contributed by atoms with van der Waals surface area (Å²) in [6.45, 7) is 9.69. The van der Waals surface area contributed by atoms with Crippen molar-refractivity contribution < 1.29 is 8.78 Å². The fourth-order valence-corrected chi connectivity index (χ4v) is 4.61. The molecule has 1 aliphatic heterocycles. The highest BCUT2D eigenvalue weighted by molar-refractivity contribution is 5.83. The van der Waals surface area contributed by atoms with Crippen LogP contribution in [0.3, 0.4) is 0 Å². The summed E-state index contributed by atoms with van der Waals surface area (Å²) < 4.78 is 31.8. The second-order valence-electron chi connectivity index (χ2n) is 9.80. The van der Waals surface area contributed by atoms with Gasteiger partial charge in [-0.3, -0.25) is 0 Å². The number of halogens is 2. The largest absolute Gasteiger partial charge is 0.323 e. The van der Waals surface area contributed by atoms with Crippen molar-refractivity contribution in [2.24, 2.45) is 0 Å². The van der Waals surface area contributed by atoms with Crippen LogP contribution in [0.25, 0.3) is 22.3 Å². The molecule has 0 amide bonds. The van der Waals surface area contributed by atoms with Gasteiger partial charge in [0.1, 0.15) is 22.9 Å². The zero-order valence-electron chi connectivity index (χ0n) is 19.9. The smallest absolute Gasteiger partial charge is 0.229 e. The summed E-state index contributed by atoms with van der Waals surface area (Å²) >= 11 is 0. The molecule has 4 heterocycles. The molecule has 0 aliphatic carbocycles. The Hall–Kier alpha value is -3.46. The molecule has 0 unspecified atom stereocenters. The van der Waals surface area contributed by atoms with E-state index in [1.54, 1.807) is 6.07 Å². The minimum absolute atomic E-state index is 0.0113. The second kappa shape index (κ2) is 8.09. The molecule has 9 heteroatoms. The number of benzene rings is 1. The van der Waals surface area contributed by atoms with Crippen molar-refractivity contribution in [3.8, 4) is 11.3 Å². The van der Waals surface area contributed by atoms with Crippen LogP contribution < -0.4 is 5.32 Å². The average Bonchev–Trinajstić information content (AvgIpc) is 3.12. The summed E-state index contributed by atoms with van der Waals surface area (Å²) in [4.78, 5) is 19.8. The lowest BCUT2D eigenvalue weighted by Crippen LogP contribution is -2.27. The summed E-state index contributed by atoms with van der Waals surface area (Å²) in [5, 5.41) is 3.07. The molecule has 0 fully saturated rings. The van der Waals surface area contributed by atoms with Gasteiger partial charge in [0.15, 0.2) is 11.6 Å². The molecule has 1 N–H and O–H groups in total. The zero-order valence-corrected chi connectivity index (χ0v) is 19.9. The lowest BCUT2D eigenvalue weighted by Gasteiger charge is -2.24. The predicted molar refractivity (Wildman–Crippen MR) is 128 cm³/mol. The van der Waals surface area contributed by atoms with Gasteiger partial charge < -0.3 is 14.8 Å². The number of rotatable bonds is 3. The molecule has 0 saturated carbocycles. The van der Waals surface area contributed by atoms with Crippen LogP contribution in [0.4, 0.5) is 20.5 Å². The number of hydrogen-bond acceptors (Lipinski definition) is 6. The molecule has 0 saturated heterocycles. The third kappa shape index (κ3) is 4.00. The van der Waals surface area contributed by atoms with E-state index in [9.17, 15) is 4.39 Å². The Morgan fingerprint density at radius 1 is 1.03 bits per heavy atom. The summed E-state index contributed by atoms with van der Waals surface area (Å²) in [5.41, 5.74) is 3.07. The molecule has 3 aromatic heterocycles. The van der Waals surface area contributed by atoms with Gasteiger partial charge in [-0.2, -0.15) is 0 Å². The quantitative estimate of drug-likeness (QED) is 0.463. The molecule has 0 radical (unpaired) electrons. The number of hydrogen-bond donors (Lipinski definition) is 1. The fourth-order valence-electron chi connectivity index (χ4n) is 4.61. The molecule has 5 rings (SSSR count). The van der Waals surface area contributed by atoms with Gasteiger partial charge in [0.25, 0.3) is 0 Å². The normalized spacial score (nSPS) is 14.4. The lowest BCUT2D eigenvalue weighted by atomic mass is 10.1. The fraction of sp³-hybridized carbons (Fsp3) is 0.360. The van der Waals surface area contributed by atoms with Gasteiger partial charge in [-0.1, -0.05) is 6.07 Å². The van der Waals surface area contributed by atoms with E-state index in [1.165, 1.54) is 11.6 Å². The summed E-state index contributed by atoms with van der Waals surface area (Å²) in [5.74, 6) is 0.312. The lowest BCUT2D eigenvalue weighted by molar-refractivity contribution is 0.310. The summed E-state index contributed by atoms with van der Waals surface area (Å²) in [6, 6.07) is 6.89. The van der Waals surface area contributed by atoms with Gasteiger partial charge in [0, 0.05) is 36.3 Å². The molecule has 34 heavy (non-hydrogen) atoms. The van der Waals surface area contributed by atoms with Gasteiger partial charge in [-0.15, -0.1) is 0 Å². The third-order valence-electron chi connectivity index (χ3n) is 6.05. The van der Waals surface area contributed by atoms with E-state index in [0.29, 0.717) is 22.7 Å². The van der Waals surface area contributed by atoms with E-state index in [0.717, 1.165) is 31.4 Å². The highest BCUT2D eigenvalue weighted by Gasteiger charge is 2.23. The molecular formula is C25H27F2N7. The van der Waals surface area contributed by atoms with Gasteiger partial charge in [0.2, 0.25) is 5.95 Å². The summed E-state index contributed by atoms with van der Waals surface area (Å²) in [6.07, 6.45) is 1.95. The predicted octanol–water partition coefficient (Wildman–Crippen LogP) is 4.96. The summed E-state index contributed by atoms with van der Waals surface area (Å²) in [7, 11) is 2.08. The minimum atomic E-state index is -0.635. The Bertz CT molecular complexity index is 1400. The maximum Gasteiger partial charge on any atom is 0.229 e. The maximum atomic E-state index is 15.0. The number of likely N-dealkylation sites (N-methyl/N-ethyl adjacent to an activating group) is 1. The van der Waals surface area contributed by atoms with E-state index in [2.05, 4.69) is 37.2 Å². The van der Waals surface area contributed by atoms with Crippen LogP contribution in [-0.4, -0.2) is 43.0 Å². The first-order valence-corrected chi connectivity index (χ1v) is 11.3. The number of pyridine rings is 1. The first-order chi connectivity index (χ1) is 16.1. The topological polar surface area (TPSA) is 71.8 Å². The number of nitrogens with zero attached hydrogens (tertiary/aromatic N) is 6. The van der Waals surface area contributed by atoms with Crippen LogP contribution in [0.2, 0.25) is 0 Å². The van der Waals surface area contributed by atoms with Crippen LogP contribution >= 0.6 is 0 Å². The number of aromatic nitrogens is 5. The first kappa shape index (κ1) is 22.3. The Balaban J connectivity index is 1.53. The van der Waals surface area contributed by atoms with Gasteiger partial charge in [0.05, 0.1) is 11.7 Å². The Kier molecular flexibility index (Phi) is 5.31. The van der Waals surface area contributed by atoms with Crippen LogP contribution in [0.5, 0.6) is 0 Å². The van der Waals surface area contributed by atoms with E-state index >= 15 is 4.39 Å². The van der Waals surface area contributed by atoms with Crippen LogP contribution in [0, 0.1) is 18.6 Å². The van der Waals surface area contributed by atoms with Gasteiger partial charge >= 0.3 is 0 Å². The van der Waals surface area contributed by atoms with Crippen molar-refractivity contribution in [3.05, 3.63) is 59.2 Å². The standard InChI is InChI=1S/C25H27F2N7/c1-14-29-23-17(26)10-16(11-20(23)34(14)25(2,3)4)22-18(27)12-28-24(32-22)31-21-7-6-15-13-33(5)9-8-19(15)30-21/h6-7,10-12H,8-9,13H2,1-5H3,(H,28,30,31,32). The van der Waals surface area contributed by atoms with Crippen molar-refractivity contribution in [3.63, 3.8) is 0 Å². The number of fused-ring (bicyclic) bond motifs is 2. The molecular weight excluding hydrogens is 436 g/mol. The molecule has 7 nitrogen and oxygen atoms in total. The monoisotopic (exact) mass is 463 g/mol. The highest BCUT2D eigenvalue weighted by atomic mass is 19.1. The van der Waals surface area contributed by atoms with Crippen molar-refractivity contribution in [1.29, 1.82) is 0 Å².